The van der Waals surface area contributed by atoms with E-state index in [0.29, 0.717) is 17.5 Å². The molecule has 5 nitrogen and oxygen atoms in total. The van der Waals surface area contributed by atoms with Crippen molar-refractivity contribution in [2.45, 2.75) is 19.3 Å². The predicted octanol–water partition coefficient (Wildman–Crippen LogP) is 13.4. The highest BCUT2D eigenvalue weighted by atomic mass is 15.0. The van der Waals surface area contributed by atoms with Gasteiger partial charge in [-0.25, -0.2) is 15.0 Å². The molecule has 12 rings (SSSR count). The summed E-state index contributed by atoms with van der Waals surface area (Å²) in [4.78, 5) is 15.0. The molecule has 0 spiro atoms. The summed E-state index contributed by atoms with van der Waals surface area (Å²) in [6.07, 6.45) is 0. The predicted molar refractivity (Wildman–Crippen MR) is 242 cm³/mol. The maximum atomic E-state index is 5.04. The molecule has 0 unspecified atom stereocenters. The molecule has 8 aromatic carbocycles. The molecule has 3 heterocycles. The van der Waals surface area contributed by atoms with E-state index in [0.717, 1.165) is 39.1 Å². The van der Waals surface area contributed by atoms with Gasteiger partial charge in [0.05, 0.1) is 22.1 Å². The van der Waals surface area contributed by atoms with Crippen LogP contribution in [0.3, 0.4) is 0 Å². The zero-order valence-corrected chi connectivity index (χ0v) is 32.6. The molecule has 0 atom stereocenters. The van der Waals surface area contributed by atoms with Crippen LogP contribution in [0.1, 0.15) is 25.0 Å². The van der Waals surface area contributed by atoms with Crippen molar-refractivity contribution in [3.8, 4) is 56.7 Å². The molecule has 0 N–H and O–H groups in total. The first-order valence-corrected chi connectivity index (χ1v) is 20.2. The van der Waals surface area contributed by atoms with E-state index in [9.17, 15) is 0 Å². The molecule has 3 aromatic heterocycles. The molecule has 0 radical (unpaired) electrons. The van der Waals surface area contributed by atoms with Crippen molar-refractivity contribution in [3.05, 3.63) is 199 Å². The van der Waals surface area contributed by atoms with Crippen LogP contribution in [0.4, 0.5) is 0 Å². The van der Waals surface area contributed by atoms with Gasteiger partial charge in [0.15, 0.2) is 17.5 Å². The summed E-state index contributed by atoms with van der Waals surface area (Å²) in [5.74, 6) is 1.92. The Labute approximate surface area is 341 Å². The molecule has 0 aliphatic heterocycles. The van der Waals surface area contributed by atoms with E-state index in [1.807, 2.05) is 60.7 Å². The molecule has 0 amide bonds. The number of hydrogen-bond donors (Lipinski definition) is 0. The highest BCUT2D eigenvalue weighted by Gasteiger charge is 2.36. The average Bonchev–Trinajstić information content (AvgIpc) is 3.88. The van der Waals surface area contributed by atoms with Crippen molar-refractivity contribution >= 4 is 43.6 Å². The first-order valence-electron chi connectivity index (χ1n) is 20.2. The fraction of sp³-hybridized carbons (Fsp3) is 0.0556. The summed E-state index contributed by atoms with van der Waals surface area (Å²) in [6.45, 7) is 4.72. The van der Waals surface area contributed by atoms with Gasteiger partial charge < -0.3 is 9.13 Å². The summed E-state index contributed by atoms with van der Waals surface area (Å²) >= 11 is 0. The van der Waals surface area contributed by atoms with Gasteiger partial charge in [-0.1, -0.05) is 147 Å². The van der Waals surface area contributed by atoms with Gasteiger partial charge in [-0.05, 0) is 76.9 Å². The van der Waals surface area contributed by atoms with Crippen LogP contribution in [0.5, 0.6) is 0 Å². The van der Waals surface area contributed by atoms with E-state index < -0.39 is 0 Å². The zero-order chi connectivity index (χ0) is 39.2. The lowest BCUT2D eigenvalue weighted by Crippen LogP contribution is -2.14. The van der Waals surface area contributed by atoms with Crippen molar-refractivity contribution in [2.75, 3.05) is 0 Å². The Hall–Kier alpha value is -7.63. The van der Waals surface area contributed by atoms with Crippen LogP contribution >= 0.6 is 0 Å². The summed E-state index contributed by atoms with van der Waals surface area (Å²) in [6, 6.07) is 67.1. The van der Waals surface area contributed by atoms with Gasteiger partial charge in [0.1, 0.15) is 0 Å². The Balaban J connectivity index is 1.04. The fourth-order valence-electron chi connectivity index (χ4n) is 9.54. The van der Waals surface area contributed by atoms with Crippen molar-refractivity contribution < 1.29 is 0 Å². The van der Waals surface area contributed by atoms with Gasteiger partial charge >= 0.3 is 0 Å². The quantitative estimate of drug-likeness (QED) is 0.176. The molecule has 0 saturated heterocycles. The standard InChI is InChI=1S/C54H37N5/c1-54(2)45-25-12-9-22-39(45)42-32-44-41-24-11-14-27-48(41)59(50(44)33-46(42)54)38-28-29-49-43(31-38)40-23-10-13-26-47(40)58(49)37-21-15-20-36(30-37)53-56-51(34-16-5-3-6-17-34)55-52(57-53)35-18-7-4-8-19-35/h3-33H,1-2H3. The number of aromatic nitrogens is 5. The number of nitrogens with zero attached hydrogens (tertiary/aromatic N) is 5. The summed E-state index contributed by atoms with van der Waals surface area (Å²) in [5, 5.41) is 4.93. The van der Waals surface area contributed by atoms with Gasteiger partial charge in [0, 0.05) is 55.0 Å². The largest absolute Gasteiger partial charge is 0.309 e. The highest BCUT2D eigenvalue weighted by molar-refractivity contribution is 6.13. The van der Waals surface area contributed by atoms with E-state index in [4.69, 9.17) is 15.0 Å². The maximum Gasteiger partial charge on any atom is 0.164 e. The Morgan fingerprint density at radius 1 is 0.339 bits per heavy atom. The first kappa shape index (κ1) is 33.5. The molecule has 1 aliphatic carbocycles. The Morgan fingerprint density at radius 3 is 1.53 bits per heavy atom. The third-order valence-electron chi connectivity index (χ3n) is 12.4. The monoisotopic (exact) mass is 755 g/mol. The van der Waals surface area contributed by atoms with E-state index in [2.05, 4.69) is 150 Å². The fourth-order valence-corrected chi connectivity index (χ4v) is 9.54. The second-order valence-corrected chi connectivity index (χ2v) is 16.1. The van der Waals surface area contributed by atoms with Gasteiger partial charge in [-0.15, -0.1) is 0 Å². The lowest BCUT2D eigenvalue weighted by molar-refractivity contribution is 0.661. The molecule has 11 aromatic rings. The molecule has 5 heteroatoms. The maximum absolute atomic E-state index is 5.04. The van der Waals surface area contributed by atoms with Gasteiger partial charge in [-0.3, -0.25) is 0 Å². The number of fused-ring (bicyclic) bond motifs is 9. The smallest absolute Gasteiger partial charge is 0.164 e. The Kier molecular flexibility index (Phi) is 7.20. The second-order valence-electron chi connectivity index (χ2n) is 16.1. The summed E-state index contributed by atoms with van der Waals surface area (Å²) in [7, 11) is 0. The molecular weight excluding hydrogens is 719 g/mol. The van der Waals surface area contributed by atoms with Crippen molar-refractivity contribution in [1.82, 2.24) is 24.1 Å². The van der Waals surface area contributed by atoms with Crippen LogP contribution in [0.15, 0.2) is 188 Å². The van der Waals surface area contributed by atoms with E-state index in [-0.39, 0.29) is 5.41 Å². The molecule has 0 bridgehead atoms. The summed E-state index contributed by atoms with van der Waals surface area (Å²) in [5.41, 5.74) is 15.0. The minimum Gasteiger partial charge on any atom is -0.309 e. The molecule has 0 fully saturated rings. The van der Waals surface area contributed by atoms with E-state index >= 15 is 0 Å². The van der Waals surface area contributed by atoms with Crippen LogP contribution in [-0.4, -0.2) is 24.1 Å². The lowest BCUT2D eigenvalue weighted by Gasteiger charge is -2.21. The summed E-state index contributed by atoms with van der Waals surface area (Å²) < 4.78 is 4.83. The van der Waals surface area contributed by atoms with Gasteiger partial charge in [-0.2, -0.15) is 0 Å². The van der Waals surface area contributed by atoms with Crippen LogP contribution < -0.4 is 0 Å². The number of benzene rings is 8. The molecular formula is C54H37N5. The van der Waals surface area contributed by atoms with Crippen molar-refractivity contribution in [3.63, 3.8) is 0 Å². The topological polar surface area (TPSA) is 48.5 Å². The number of hydrogen-bond acceptors (Lipinski definition) is 3. The third kappa shape index (κ3) is 5.08. The Bertz CT molecular complexity index is 3410. The molecule has 59 heavy (non-hydrogen) atoms. The first-order chi connectivity index (χ1) is 29.0. The molecule has 0 saturated carbocycles. The van der Waals surface area contributed by atoms with Crippen molar-refractivity contribution in [1.29, 1.82) is 0 Å². The zero-order valence-electron chi connectivity index (χ0n) is 32.6. The molecule has 278 valence electrons. The van der Waals surface area contributed by atoms with Crippen LogP contribution in [0.25, 0.3) is 100 Å². The lowest BCUT2D eigenvalue weighted by atomic mass is 9.82. The van der Waals surface area contributed by atoms with Gasteiger partial charge in [0.25, 0.3) is 0 Å². The SMILES string of the molecule is CC1(C)c2ccccc2-c2cc3c4ccccc4n(-c4ccc5c(c4)c4ccccc4n5-c4cccc(-c5nc(-c6ccccc6)nc(-c6ccccc6)n5)c4)c3cc21. The highest BCUT2D eigenvalue weighted by Crippen LogP contribution is 2.51. The van der Waals surface area contributed by atoms with Crippen LogP contribution in [0.2, 0.25) is 0 Å². The third-order valence-corrected chi connectivity index (χ3v) is 12.4. The number of rotatable bonds is 5. The van der Waals surface area contributed by atoms with E-state index in [1.165, 1.54) is 54.8 Å². The van der Waals surface area contributed by atoms with E-state index in [1.54, 1.807) is 0 Å². The van der Waals surface area contributed by atoms with Crippen LogP contribution in [0, 0.1) is 0 Å². The molecule has 1 aliphatic rings. The normalized spacial score (nSPS) is 13.1. The van der Waals surface area contributed by atoms with Crippen molar-refractivity contribution in [2.24, 2.45) is 0 Å². The number of para-hydroxylation sites is 2. The minimum absolute atomic E-state index is 0.0964. The van der Waals surface area contributed by atoms with Gasteiger partial charge in [0.2, 0.25) is 0 Å². The van der Waals surface area contributed by atoms with Crippen LogP contribution in [-0.2, 0) is 5.41 Å². The second kappa shape index (κ2) is 12.7. The minimum atomic E-state index is -0.0964. The average molecular weight is 756 g/mol. The Morgan fingerprint density at radius 2 is 0.847 bits per heavy atom.